The van der Waals surface area contributed by atoms with E-state index >= 15 is 0 Å². The van der Waals surface area contributed by atoms with Gasteiger partial charge in [0.2, 0.25) is 5.91 Å². The lowest BCUT2D eigenvalue weighted by molar-refractivity contribution is -0.124. The fourth-order valence-corrected chi connectivity index (χ4v) is 3.70. The molecule has 1 saturated heterocycles. The standard InChI is InChI=1S/C17H21N5O2S/c1-3-21-15(13-8-5-4-7-12(13)2)19-20-17(21)25-10-6-9-22-14(23)11-18-16(22)24/h4-5,7-8H,3,6,9-11H2,1-2H3,(H,18,24). The van der Waals surface area contributed by atoms with Crippen LogP contribution in [0.4, 0.5) is 4.79 Å². The Bertz CT molecular complexity index is 773. The molecule has 1 aliphatic rings. The van der Waals surface area contributed by atoms with E-state index in [1.165, 1.54) is 10.5 Å². The van der Waals surface area contributed by atoms with E-state index in [9.17, 15) is 9.59 Å². The van der Waals surface area contributed by atoms with Crippen molar-refractivity contribution in [2.45, 2.75) is 32.0 Å². The van der Waals surface area contributed by atoms with Crippen LogP contribution in [0.15, 0.2) is 29.4 Å². The number of thioether (sulfide) groups is 1. The summed E-state index contributed by atoms with van der Waals surface area (Å²) in [5.41, 5.74) is 2.25. The van der Waals surface area contributed by atoms with Gasteiger partial charge in [0.1, 0.15) is 0 Å². The molecule has 2 heterocycles. The minimum Gasteiger partial charge on any atom is -0.329 e. The van der Waals surface area contributed by atoms with Crippen molar-refractivity contribution in [1.82, 2.24) is 25.0 Å². The summed E-state index contributed by atoms with van der Waals surface area (Å²) in [6.45, 7) is 5.46. The normalized spacial score (nSPS) is 14.2. The van der Waals surface area contributed by atoms with Gasteiger partial charge in [-0.3, -0.25) is 9.69 Å². The Morgan fingerprint density at radius 2 is 2.04 bits per heavy atom. The molecule has 0 radical (unpaired) electrons. The van der Waals surface area contributed by atoms with Crippen molar-refractivity contribution in [3.8, 4) is 11.4 Å². The highest BCUT2D eigenvalue weighted by Gasteiger charge is 2.27. The zero-order chi connectivity index (χ0) is 17.8. The van der Waals surface area contributed by atoms with Gasteiger partial charge in [-0.2, -0.15) is 0 Å². The van der Waals surface area contributed by atoms with E-state index in [-0.39, 0.29) is 18.5 Å². The van der Waals surface area contributed by atoms with Gasteiger partial charge in [-0.25, -0.2) is 4.79 Å². The van der Waals surface area contributed by atoms with E-state index in [4.69, 9.17) is 0 Å². The number of nitrogens with zero attached hydrogens (tertiary/aromatic N) is 4. The number of carbonyl (C=O) groups is 2. The summed E-state index contributed by atoms with van der Waals surface area (Å²) in [4.78, 5) is 24.3. The van der Waals surface area contributed by atoms with E-state index in [2.05, 4.69) is 46.1 Å². The number of aryl methyl sites for hydroxylation is 1. The molecule has 0 spiro atoms. The van der Waals surface area contributed by atoms with Crippen LogP contribution in [0.5, 0.6) is 0 Å². The second-order valence-electron chi connectivity index (χ2n) is 5.77. The zero-order valence-corrected chi connectivity index (χ0v) is 15.2. The molecule has 1 aromatic heterocycles. The number of benzene rings is 1. The maximum Gasteiger partial charge on any atom is 0.324 e. The second kappa shape index (κ2) is 7.69. The molecule has 0 aliphatic carbocycles. The first-order chi connectivity index (χ1) is 12.1. The summed E-state index contributed by atoms with van der Waals surface area (Å²) in [5, 5.41) is 12.1. The van der Waals surface area contributed by atoms with Crippen LogP contribution < -0.4 is 5.32 Å². The smallest absolute Gasteiger partial charge is 0.324 e. The molecule has 3 rings (SSSR count). The van der Waals surface area contributed by atoms with E-state index < -0.39 is 0 Å². The van der Waals surface area contributed by atoms with Crippen LogP contribution >= 0.6 is 11.8 Å². The molecule has 132 valence electrons. The van der Waals surface area contributed by atoms with Gasteiger partial charge in [-0.05, 0) is 25.8 Å². The predicted octanol–water partition coefficient (Wildman–Crippen LogP) is 2.31. The molecule has 0 atom stereocenters. The van der Waals surface area contributed by atoms with Gasteiger partial charge in [0.25, 0.3) is 0 Å². The molecule has 1 aromatic carbocycles. The molecule has 1 aliphatic heterocycles. The number of nitrogens with one attached hydrogen (secondary N) is 1. The fraction of sp³-hybridized carbons (Fsp3) is 0.412. The van der Waals surface area contributed by atoms with Gasteiger partial charge < -0.3 is 9.88 Å². The summed E-state index contributed by atoms with van der Waals surface area (Å²) in [5.74, 6) is 1.48. The van der Waals surface area contributed by atoms with Crippen molar-refractivity contribution < 1.29 is 9.59 Å². The van der Waals surface area contributed by atoms with Gasteiger partial charge in [-0.1, -0.05) is 36.0 Å². The highest BCUT2D eigenvalue weighted by molar-refractivity contribution is 7.99. The van der Waals surface area contributed by atoms with E-state index in [0.29, 0.717) is 6.54 Å². The second-order valence-corrected chi connectivity index (χ2v) is 6.83. The molecule has 25 heavy (non-hydrogen) atoms. The summed E-state index contributed by atoms with van der Waals surface area (Å²) >= 11 is 1.60. The molecule has 1 N–H and O–H groups in total. The first kappa shape index (κ1) is 17.5. The van der Waals surface area contributed by atoms with Crippen LogP contribution in [0.3, 0.4) is 0 Å². The monoisotopic (exact) mass is 359 g/mol. The minimum atomic E-state index is -0.298. The van der Waals surface area contributed by atoms with Crippen LogP contribution in [0.25, 0.3) is 11.4 Å². The maximum atomic E-state index is 11.6. The molecule has 3 amide bonds. The predicted molar refractivity (Wildman–Crippen MR) is 96.3 cm³/mol. The van der Waals surface area contributed by atoms with Crippen LogP contribution in [-0.2, 0) is 11.3 Å². The molecule has 0 unspecified atom stereocenters. The molecule has 7 nitrogen and oxygen atoms in total. The summed E-state index contributed by atoms with van der Waals surface area (Å²) < 4.78 is 2.10. The Hall–Kier alpha value is -2.35. The lowest BCUT2D eigenvalue weighted by Gasteiger charge is -2.12. The molecule has 0 bridgehead atoms. The van der Waals surface area contributed by atoms with Crippen molar-refractivity contribution in [2.75, 3.05) is 18.8 Å². The Morgan fingerprint density at radius 1 is 1.24 bits per heavy atom. The fourth-order valence-electron chi connectivity index (χ4n) is 2.77. The molecular weight excluding hydrogens is 338 g/mol. The van der Waals surface area contributed by atoms with Gasteiger partial charge in [0.15, 0.2) is 11.0 Å². The lowest BCUT2D eigenvalue weighted by Crippen LogP contribution is -2.32. The number of imide groups is 1. The Labute approximate surface area is 150 Å². The van der Waals surface area contributed by atoms with Gasteiger partial charge in [0.05, 0.1) is 6.54 Å². The number of rotatable bonds is 7. The third kappa shape index (κ3) is 3.68. The first-order valence-electron chi connectivity index (χ1n) is 8.32. The number of carbonyl (C=O) groups excluding carboxylic acids is 2. The molecule has 1 fully saturated rings. The average Bonchev–Trinajstić information content (AvgIpc) is 3.16. The maximum absolute atomic E-state index is 11.6. The quantitative estimate of drug-likeness (QED) is 0.466. The third-order valence-electron chi connectivity index (χ3n) is 4.11. The summed E-state index contributed by atoms with van der Waals surface area (Å²) in [6.07, 6.45) is 0.722. The van der Waals surface area contributed by atoms with Gasteiger partial charge in [0, 0.05) is 24.4 Å². The van der Waals surface area contributed by atoms with E-state index in [1.54, 1.807) is 11.8 Å². The van der Waals surface area contributed by atoms with Gasteiger partial charge >= 0.3 is 6.03 Å². The number of aromatic nitrogens is 3. The summed E-state index contributed by atoms with van der Waals surface area (Å²) in [6, 6.07) is 7.83. The number of amides is 3. The zero-order valence-electron chi connectivity index (χ0n) is 14.4. The van der Waals surface area contributed by atoms with Crippen LogP contribution in [-0.4, -0.2) is 50.4 Å². The Balaban J connectivity index is 1.63. The van der Waals surface area contributed by atoms with Crippen LogP contribution in [0.1, 0.15) is 18.9 Å². The molecule has 0 saturated carbocycles. The Kier molecular flexibility index (Phi) is 5.37. The largest absolute Gasteiger partial charge is 0.329 e. The lowest BCUT2D eigenvalue weighted by atomic mass is 10.1. The van der Waals surface area contributed by atoms with Crippen molar-refractivity contribution in [2.24, 2.45) is 0 Å². The van der Waals surface area contributed by atoms with E-state index in [1.807, 2.05) is 12.1 Å². The van der Waals surface area contributed by atoms with Crippen molar-refractivity contribution in [3.05, 3.63) is 29.8 Å². The summed E-state index contributed by atoms with van der Waals surface area (Å²) in [7, 11) is 0. The molecular formula is C17H21N5O2S. The van der Waals surface area contributed by atoms with Crippen molar-refractivity contribution >= 4 is 23.7 Å². The van der Waals surface area contributed by atoms with Crippen molar-refractivity contribution in [3.63, 3.8) is 0 Å². The number of hydrogen-bond donors (Lipinski definition) is 1. The molecule has 2 aromatic rings. The van der Waals surface area contributed by atoms with Crippen molar-refractivity contribution in [1.29, 1.82) is 0 Å². The minimum absolute atomic E-state index is 0.107. The number of urea groups is 1. The average molecular weight is 359 g/mol. The highest BCUT2D eigenvalue weighted by Crippen LogP contribution is 2.26. The first-order valence-corrected chi connectivity index (χ1v) is 9.30. The Morgan fingerprint density at radius 3 is 2.72 bits per heavy atom. The topological polar surface area (TPSA) is 80.1 Å². The van der Waals surface area contributed by atoms with Crippen LogP contribution in [0.2, 0.25) is 0 Å². The van der Waals surface area contributed by atoms with Gasteiger partial charge in [-0.15, -0.1) is 10.2 Å². The highest BCUT2D eigenvalue weighted by atomic mass is 32.2. The third-order valence-corrected chi connectivity index (χ3v) is 5.17. The SMILES string of the molecule is CCn1c(SCCCN2C(=O)CNC2=O)nnc1-c1ccccc1C. The van der Waals surface area contributed by atoms with Crippen LogP contribution in [0, 0.1) is 6.92 Å². The number of hydrogen-bond acceptors (Lipinski definition) is 5. The van der Waals surface area contributed by atoms with E-state index in [0.717, 1.165) is 35.3 Å². The molecule has 8 heteroatoms.